The van der Waals surface area contributed by atoms with Crippen LogP contribution in [0, 0.1) is 0 Å². The van der Waals surface area contributed by atoms with Gasteiger partial charge in [-0.3, -0.25) is 4.90 Å². The highest BCUT2D eigenvalue weighted by Gasteiger charge is 2.27. The zero-order chi connectivity index (χ0) is 13.4. The van der Waals surface area contributed by atoms with Crippen LogP contribution in [0.1, 0.15) is 18.4 Å². The minimum atomic E-state index is -0.951. The molecule has 2 heterocycles. The van der Waals surface area contributed by atoms with E-state index >= 15 is 0 Å². The van der Waals surface area contributed by atoms with Gasteiger partial charge in [0.05, 0.1) is 12.8 Å². The average Bonchev–Trinajstić information content (AvgIpc) is 2.77. The third kappa shape index (κ3) is 2.01. The first-order valence-corrected chi connectivity index (χ1v) is 6.34. The largest absolute Gasteiger partial charge is 0.497 e. The van der Waals surface area contributed by atoms with Gasteiger partial charge in [-0.25, -0.2) is 4.79 Å². The normalized spacial score (nSPS) is 17.4. The predicted molar refractivity (Wildman–Crippen MR) is 71.2 cm³/mol. The summed E-state index contributed by atoms with van der Waals surface area (Å²) in [5.74, 6) is 0.756. The summed E-state index contributed by atoms with van der Waals surface area (Å²) in [7, 11) is 1.62. The van der Waals surface area contributed by atoms with Crippen LogP contribution in [0.5, 0.6) is 5.75 Å². The van der Waals surface area contributed by atoms with Crippen LogP contribution in [0.2, 0.25) is 0 Å². The molecule has 2 aliphatic heterocycles. The van der Waals surface area contributed by atoms with Crippen LogP contribution in [-0.4, -0.2) is 29.8 Å². The Labute approximate surface area is 111 Å². The summed E-state index contributed by atoms with van der Waals surface area (Å²) in [4.78, 5) is 15.0. The van der Waals surface area contributed by atoms with Gasteiger partial charge in [-0.05, 0) is 36.6 Å². The van der Waals surface area contributed by atoms with Crippen molar-refractivity contribution in [2.24, 2.45) is 0 Å². The Kier molecular flexibility index (Phi) is 2.81. The number of fused-ring (bicyclic) bond motifs is 2. The lowest BCUT2D eigenvalue weighted by Gasteiger charge is -2.18. The molecular formula is C14H16N2O3. The Morgan fingerprint density at radius 1 is 1.42 bits per heavy atom. The van der Waals surface area contributed by atoms with Crippen molar-refractivity contribution in [2.45, 2.75) is 19.4 Å². The molecule has 0 aromatic heterocycles. The lowest BCUT2D eigenvalue weighted by atomic mass is 10.1. The maximum atomic E-state index is 11.4. The lowest BCUT2D eigenvalue weighted by Crippen LogP contribution is -2.23. The molecule has 0 bridgehead atoms. The minimum Gasteiger partial charge on any atom is -0.497 e. The topological polar surface area (TPSA) is 53.0 Å². The third-order valence-electron chi connectivity index (χ3n) is 3.66. The quantitative estimate of drug-likeness (QED) is 0.843. The number of benzene rings is 1. The second-order valence-corrected chi connectivity index (χ2v) is 4.79. The summed E-state index contributed by atoms with van der Waals surface area (Å²) in [6.07, 6.45) is 2.81. The molecule has 0 aliphatic carbocycles. The van der Waals surface area contributed by atoms with Gasteiger partial charge >= 0.3 is 6.09 Å². The molecule has 1 amide bonds. The highest BCUT2D eigenvalue weighted by Crippen LogP contribution is 2.34. The first-order valence-electron chi connectivity index (χ1n) is 6.34. The van der Waals surface area contributed by atoms with E-state index in [0.29, 0.717) is 0 Å². The first-order chi connectivity index (χ1) is 9.19. The predicted octanol–water partition coefficient (Wildman–Crippen LogP) is 2.63. The Hall–Kier alpha value is -2.17. The number of hydrogen-bond donors (Lipinski definition) is 1. The first kappa shape index (κ1) is 11.9. The zero-order valence-electron chi connectivity index (χ0n) is 10.8. The van der Waals surface area contributed by atoms with E-state index < -0.39 is 6.09 Å². The molecule has 0 atom stereocenters. The summed E-state index contributed by atoms with van der Waals surface area (Å²) in [6.45, 7) is 1.72. The molecule has 0 spiro atoms. The van der Waals surface area contributed by atoms with Crippen molar-refractivity contribution < 1.29 is 14.6 Å². The molecule has 0 saturated carbocycles. The fraction of sp³-hybridized carbons (Fsp3) is 0.357. The molecule has 1 aromatic carbocycles. The van der Waals surface area contributed by atoms with Gasteiger partial charge in [0.1, 0.15) is 5.75 Å². The molecule has 2 aliphatic rings. The smallest absolute Gasteiger partial charge is 0.416 e. The number of carboxylic acid groups (broad SMARTS) is 1. The standard InChI is InChI=1S/C14H16N2O3/c1-19-12-4-5-13-10(7-12)8-15-6-2-3-11(15)9-16(13)14(17)18/h4-5,7,9H,2-3,6,8H2,1H3,(H,17,18). The van der Waals surface area contributed by atoms with E-state index in [2.05, 4.69) is 4.90 Å². The number of methoxy groups -OCH3 is 1. The Balaban J connectivity index is 2.09. The van der Waals surface area contributed by atoms with E-state index in [0.717, 1.165) is 48.6 Å². The van der Waals surface area contributed by atoms with E-state index in [9.17, 15) is 9.90 Å². The number of anilines is 1. The number of rotatable bonds is 1. The van der Waals surface area contributed by atoms with Crippen LogP contribution < -0.4 is 9.64 Å². The maximum absolute atomic E-state index is 11.4. The molecular weight excluding hydrogens is 244 g/mol. The van der Waals surface area contributed by atoms with Crippen LogP contribution >= 0.6 is 0 Å². The van der Waals surface area contributed by atoms with Gasteiger partial charge in [0.2, 0.25) is 0 Å². The van der Waals surface area contributed by atoms with Crippen LogP contribution in [0.4, 0.5) is 10.5 Å². The molecule has 1 N–H and O–H groups in total. The number of allylic oxidation sites excluding steroid dienone is 1. The van der Waals surface area contributed by atoms with Gasteiger partial charge in [0.15, 0.2) is 0 Å². The maximum Gasteiger partial charge on any atom is 0.416 e. The molecule has 0 unspecified atom stereocenters. The molecule has 19 heavy (non-hydrogen) atoms. The summed E-state index contributed by atoms with van der Waals surface area (Å²) in [5.41, 5.74) is 2.79. The number of carbonyl (C=O) groups is 1. The summed E-state index contributed by atoms with van der Waals surface area (Å²) in [6, 6.07) is 5.52. The highest BCUT2D eigenvalue weighted by molar-refractivity contribution is 5.89. The second kappa shape index (κ2) is 4.50. The third-order valence-corrected chi connectivity index (χ3v) is 3.66. The Bertz CT molecular complexity index is 554. The number of nitrogens with zero attached hydrogens (tertiary/aromatic N) is 2. The van der Waals surface area contributed by atoms with Gasteiger partial charge in [-0.15, -0.1) is 0 Å². The van der Waals surface area contributed by atoms with Gasteiger partial charge in [0, 0.05) is 25.0 Å². The molecule has 5 heteroatoms. The Morgan fingerprint density at radius 3 is 3.00 bits per heavy atom. The van der Waals surface area contributed by atoms with Gasteiger partial charge in [-0.1, -0.05) is 0 Å². The Morgan fingerprint density at radius 2 is 2.26 bits per heavy atom. The van der Waals surface area contributed by atoms with E-state index in [-0.39, 0.29) is 0 Å². The molecule has 0 radical (unpaired) electrons. The fourth-order valence-corrected chi connectivity index (χ4v) is 2.71. The second-order valence-electron chi connectivity index (χ2n) is 4.79. The van der Waals surface area contributed by atoms with E-state index in [1.165, 1.54) is 4.90 Å². The van der Waals surface area contributed by atoms with Gasteiger partial charge in [0.25, 0.3) is 0 Å². The van der Waals surface area contributed by atoms with E-state index in [4.69, 9.17) is 4.74 Å². The monoisotopic (exact) mass is 260 g/mol. The van der Waals surface area contributed by atoms with Crippen molar-refractivity contribution in [3.8, 4) is 5.75 Å². The van der Waals surface area contributed by atoms with Gasteiger partial charge < -0.3 is 14.7 Å². The van der Waals surface area contributed by atoms with Crippen LogP contribution in [0.3, 0.4) is 0 Å². The van der Waals surface area contributed by atoms with Crippen molar-refractivity contribution in [1.82, 2.24) is 4.90 Å². The zero-order valence-corrected chi connectivity index (χ0v) is 10.8. The van der Waals surface area contributed by atoms with Crippen LogP contribution in [0.25, 0.3) is 0 Å². The van der Waals surface area contributed by atoms with Crippen molar-refractivity contribution in [3.05, 3.63) is 35.7 Å². The van der Waals surface area contributed by atoms with Gasteiger partial charge in [-0.2, -0.15) is 0 Å². The molecule has 1 aromatic rings. The molecule has 100 valence electrons. The van der Waals surface area contributed by atoms with Crippen molar-refractivity contribution in [2.75, 3.05) is 18.6 Å². The van der Waals surface area contributed by atoms with Crippen LogP contribution in [0.15, 0.2) is 30.1 Å². The van der Waals surface area contributed by atoms with Crippen molar-refractivity contribution in [3.63, 3.8) is 0 Å². The molecule has 1 fully saturated rings. The van der Waals surface area contributed by atoms with E-state index in [1.54, 1.807) is 19.4 Å². The summed E-state index contributed by atoms with van der Waals surface area (Å²) >= 11 is 0. The number of amides is 1. The summed E-state index contributed by atoms with van der Waals surface area (Å²) < 4.78 is 5.23. The lowest BCUT2D eigenvalue weighted by molar-refractivity contribution is 0.204. The SMILES string of the molecule is COc1ccc2c(c1)CN1CCCC1=CN2C(=O)O. The number of hydrogen-bond acceptors (Lipinski definition) is 3. The molecule has 3 rings (SSSR count). The van der Waals surface area contributed by atoms with Crippen molar-refractivity contribution in [1.29, 1.82) is 0 Å². The molecule has 1 saturated heterocycles. The highest BCUT2D eigenvalue weighted by atomic mass is 16.5. The average molecular weight is 260 g/mol. The van der Waals surface area contributed by atoms with E-state index in [1.807, 2.05) is 12.1 Å². The fourth-order valence-electron chi connectivity index (χ4n) is 2.71. The van der Waals surface area contributed by atoms with Crippen LogP contribution in [-0.2, 0) is 6.54 Å². The summed E-state index contributed by atoms with van der Waals surface area (Å²) in [5, 5.41) is 9.39. The van der Waals surface area contributed by atoms with Crippen molar-refractivity contribution >= 4 is 11.8 Å². The number of ether oxygens (including phenoxy) is 1. The molecule has 5 nitrogen and oxygen atoms in total. The minimum absolute atomic E-state index is 0.718.